The van der Waals surface area contributed by atoms with Gasteiger partial charge in [-0.2, -0.15) is 0 Å². The molecule has 8 heteroatoms. The van der Waals surface area contributed by atoms with Gasteiger partial charge in [-0.25, -0.2) is 4.79 Å². The van der Waals surface area contributed by atoms with Gasteiger partial charge in [0.1, 0.15) is 5.75 Å². The summed E-state index contributed by atoms with van der Waals surface area (Å²) in [5.41, 5.74) is 0.508. The van der Waals surface area contributed by atoms with Crippen LogP contribution in [0.1, 0.15) is 26.5 Å². The van der Waals surface area contributed by atoms with Gasteiger partial charge in [0.15, 0.2) is 13.2 Å². The van der Waals surface area contributed by atoms with Crippen molar-refractivity contribution >= 4 is 29.4 Å². The molecule has 25 heavy (non-hydrogen) atoms. The van der Waals surface area contributed by atoms with Gasteiger partial charge in [0.25, 0.3) is 5.91 Å². The van der Waals surface area contributed by atoms with Crippen molar-refractivity contribution in [3.8, 4) is 5.75 Å². The summed E-state index contributed by atoms with van der Waals surface area (Å²) in [4.78, 5) is 23.3. The van der Waals surface area contributed by atoms with Gasteiger partial charge in [0.2, 0.25) is 5.88 Å². The van der Waals surface area contributed by atoms with E-state index < -0.39 is 18.5 Å². The molecule has 0 aliphatic heterocycles. The number of amides is 1. The van der Waals surface area contributed by atoms with Gasteiger partial charge in [-0.05, 0) is 24.3 Å². The number of anilines is 1. The van der Waals surface area contributed by atoms with E-state index in [0.29, 0.717) is 16.5 Å². The molecule has 0 spiro atoms. The molecule has 0 fully saturated rings. The Morgan fingerprint density at radius 1 is 1.20 bits per heavy atom. The quantitative estimate of drug-likeness (QED) is 0.789. The standard InChI is InChI=1S/C17H19ClN2O5/c1-17(2,3)13-8-15(25-20-13)19-14(21)9-24-16(22)10-23-12-6-4-11(18)5-7-12/h4-8H,9-10H2,1-3H3,(H,19,21). The summed E-state index contributed by atoms with van der Waals surface area (Å²) in [5, 5.41) is 6.91. The van der Waals surface area contributed by atoms with E-state index in [1.807, 2.05) is 20.8 Å². The molecule has 0 bridgehead atoms. The molecule has 1 amide bonds. The first-order chi connectivity index (χ1) is 11.7. The van der Waals surface area contributed by atoms with Crippen molar-refractivity contribution in [1.82, 2.24) is 5.16 Å². The molecule has 1 heterocycles. The van der Waals surface area contributed by atoms with Crippen LogP contribution in [0.3, 0.4) is 0 Å². The van der Waals surface area contributed by atoms with Crippen molar-refractivity contribution in [2.75, 3.05) is 18.5 Å². The highest BCUT2D eigenvalue weighted by Gasteiger charge is 2.20. The Kier molecular flexibility index (Phi) is 6.03. The number of ether oxygens (including phenoxy) is 2. The summed E-state index contributed by atoms with van der Waals surface area (Å²) in [6.45, 7) is 5.15. The zero-order chi connectivity index (χ0) is 18.4. The number of carbonyl (C=O) groups is 2. The number of aromatic nitrogens is 1. The number of nitrogens with one attached hydrogen (secondary N) is 1. The van der Waals surface area contributed by atoms with Crippen molar-refractivity contribution in [2.45, 2.75) is 26.2 Å². The molecule has 0 aliphatic rings. The Bertz CT molecular complexity index is 734. The molecule has 134 valence electrons. The molecule has 1 aromatic carbocycles. The van der Waals surface area contributed by atoms with Gasteiger partial charge in [-0.3, -0.25) is 10.1 Å². The lowest BCUT2D eigenvalue weighted by Crippen LogP contribution is -2.23. The van der Waals surface area contributed by atoms with Crippen LogP contribution >= 0.6 is 11.6 Å². The number of halogens is 1. The molecule has 7 nitrogen and oxygen atoms in total. The fraction of sp³-hybridized carbons (Fsp3) is 0.353. The third kappa shape index (κ3) is 6.11. The molecule has 0 atom stereocenters. The van der Waals surface area contributed by atoms with E-state index in [1.165, 1.54) is 0 Å². The first-order valence-electron chi connectivity index (χ1n) is 7.55. The van der Waals surface area contributed by atoms with E-state index in [0.717, 1.165) is 0 Å². The molecule has 0 saturated carbocycles. The summed E-state index contributed by atoms with van der Waals surface area (Å²) >= 11 is 5.75. The molecule has 0 aliphatic carbocycles. The van der Waals surface area contributed by atoms with Gasteiger partial charge in [-0.1, -0.05) is 37.5 Å². The monoisotopic (exact) mass is 366 g/mol. The number of rotatable bonds is 6. The topological polar surface area (TPSA) is 90.7 Å². The Labute approximate surface area is 150 Å². The molecular weight excluding hydrogens is 348 g/mol. The molecule has 0 radical (unpaired) electrons. The van der Waals surface area contributed by atoms with E-state index in [-0.39, 0.29) is 17.9 Å². The highest BCUT2D eigenvalue weighted by atomic mass is 35.5. The minimum atomic E-state index is -0.668. The van der Waals surface area contributed by atoms with Crippen LogP contribution in [0.5, 0.6) is 5.75 Å². The zero-order valence-corrected chi connectivity index (χ0v) is 14.9. The lowest BCUT2D eigenvalue weighted by Gasteiger charge is -2.12. The normalized spacial score (nSPS) is 11.0. The maximum absolute atomic E-state index is 11.8. The van der Waals surface area contributed by atoms with Crippen LogP contribution in [0.4, 0.5) is 5.88 Å². The lowest BCUT2D eigenvalue weighted by atomic mass is 9.92. The third-order valence-corrected chi connectivity index (χ3v) is 3.33. The number of nitrogens with zero attached hydrogens (tertiary/aromatic N) is 1. The Morgan fingerprint density at radius 3 is 2.48 bits per heavy atom. The third-order valence-electron chi connectivity index (χ3n) is 3.08. The van der Waals surface area contributed by atoms with Gasteiger partial charge in [-0.15, -0.1) is 0 Å². The van der Waals surface area contributed by atoms with Crippen LogP contribution in [-0.2, 0) is 19.7 Å². The predicted octanol–water partition coefficient (Wildman–Crippen LogP) is 3.19. The number of carbonyl (C=O) groups excluding carboxylic acids is 2. The van der Waals surface area contributed by atoms with Crippen LogP contribution in [0.15, 0.2) is 34.9 Å². The van der Waals surface area contributed by atoms with Gasteiger partial charge >= 0.3 is 5.97 Å². The van der Waals surface area contributed by atoms with Gasteiger partial charge in [0, 0.05) is 16.5 Å². The average molecular weight is 367 g/mol. The Balaban J connectivity index is 1.73. The van der Waals surface area contributed by atoms with E-state index in [2.05, 4.69) is 10.5 Å². The number of benzene rings is 1. The maximum atomic E-state index is 11.8. The van der Waals surface area contributed by atoms with Gasteiger partial charge in [0.05, 0.1) is 5.69 Å². The van der Waals surface area contributed by atoms with Crippen molar-refractivity contribution in [1.29, 1.82) is 0 Å². The highest BCUT2D eigenvalue weighted by molar-refractivity contribution is 6.30. The highest BCUT2D eigenvalue weighted by Crippen LogP contribution is 2.23. The number of hydrogen-bond donors (Lipinski definition) is 1. The summed E-state index contributed by atoms with van der Waals surface area (Å²) in [6, 6.07) is 8.15. The van der Waals surface area contributed by atoms with Crippen molar-refractivity contribution in [3.05, 3.63) is 41.0 Å². The Morgan fingerprint density at radius 2 is 1.88 bits per heavy atom. The van der Waals surface area contributed by atoms with Gasteiger partial charge < -0.3 is 14.0 Å². The second-order valence-corrected chi connectivity index (χ2v) is 6.71. The summed E-state index contributed by atoms with van der Waals surface area (Å²) < 4.78 is 15.1. The zero-order valence-electron chi connectivity index (χ0n) is 14.2. The van der Waals surface area contributed by atoms with E-state index in [1.54, 1.807) is 30.3 Å². The molecule has 0 unspecified atom stereocenters. The second kappa shape index (κ2) is 8.02. The van der Waals surface area contributed by atoms with Crippen LogP contribution < -0.4 is 10.1 Å². The van der Waals surface area contributed by atoms with Crippen LogP contribution in [0.2, 0.25) is 5.02 Å². The fourth-order valence-electron chi connectivity index (χ4n) is 1.72. The van der Waals surface area contributed by atoms with Crippen LogP contribution in [0.25, 0.3) is 0 Å². The first-order valence-corrected chi connectivity index (χ1v) is 7.93. The summed E-state index contributed by atoms with van der Waals surface area (Å²) in [7, 11) is 0. The largest absolute Gasteiger partial charge is 0.482 e. The molecular formula is C17H19ClN2O5. The summed E-state index contributed by atoms with van der Waals surface area (Å²) in [6.07, 6.45) is 0. The average Bonchev–Trinajstić information content (AvgIpc) is 3.01. The van der Waals surface area contributed by atoms with E-state index in [9.17, 15) is 9.59 Å². The molecule has 0 saturated heterocycles. The van der Waals surface area contributed by atoms with Crippen molar-refractivity contribution in [3.63, 3.8) is 0 Å². The molecule has 1 N–H and O–H groups in total. The van der Waals surface area contributed by atoms with E-state index in [4.69, 9.17) is 25.6 Å². The molecule has 1 aromatic heterocycles. The molecule has 2 rings (SSSR count). The minimum absolute atomic E-state index is 0.196. The number of hydrogen-bond acceptors (Lipinski definition) is 6. The smallest absolute Gasteiger partial charge is 0.344 e. The maximum Gasteiger partial charge on any atom is 0.344 e. The fourth-order valence-corrected chi connectivity index (χ4v) is 1.85. The van der Waals surface area contributed by atoms with Crippen LogP contribution in [0, 0.1) is 0 Å². The van der Waals surface area contributed by atoms with Crippen LogP contribution in [-0.4, -0.2) is 30.2 Å². The minimum Gasteiger partial charge on any atom is -0.482 e. The first kappa shape index (κ1) is 18.8. The summed E-state index contributed by atoms with van der Waals surface area (Å²) in [5.74, 6) is -0.528. The predicted molar refractivity (Wildman–Crippen MR) is 91.7 cm³/mol. The van der Waals surface area contributed by atoms with E-state index >= 15 is 0 Å². The van der Waals surface area contributed by atoms with Crippen molar-refractivity contribution in [2.24, 2.45) is 0 Å². The SMILES string of the molecule is CC(C)(C)c1cc(NC(=O)COC(=O)COc2ccc(Cl)cc2)on1. The van der Waals surface area contributed by atoms with Crippen molar-refractivity contribution < 1.29 is 23.6 Å². The Hall–Kier alpha value is -2.54. The number of esters is 1. The molecule has 2 aromatic rings. The lowest BCUT2D eigenvalue weighted by molar-refractivity contribution is -0.149. The second-order valence-electron chi connectivity index (χ2n) is 6.28.